The number of carbonyl (C=O) groups excluding carboxylic acids is 1. The normalized spacial score (nSPS) is 15.5. The molecule has 24 heavy (non-hydrogen) atoms. The number of anilines is 1. The van der Waals surface area contributed by atoms with Crippen LogP contribution in [0.3, 0.4) is 0 Å². The van der Waals surface area contributed by atoms with Gasteiger partial charge in [0.2, 0.25) is 0 Å². The van der Waals surface area contributed by atoms with E-state index in [0.717, 1.165) is 17.7 Å². The number of rotatable bonds is 3. The largest absolute Gasteiger partial charge is 0.416 e. The molecule has 1 amide bonds. The molecule has 1 aliphatic heterocycles. The van der Waals surface area contributed by atoms with Gasteiger partial charge in [-0.1, -0.05) is 41.9 Å². The number of hydrogen-bond donors (Lipinski definition) is 1. The number of carbonyl (C=O) groups is 1. The molecule has 3 rings (SSSR count). The lowest BCUT2D eigenvalue weighted by Gasteiger charge is -2.08. The molecule has 124 valence electrons. The molecule has 2 nitrogen and oxygen atoms in total. The Kier molecular flexibility index (Phi) is 4.37. The van der Waals surface area contributed by atoms with Crippen LogP contribution in [0.25, 0.3) is 5.57 Å². The lowest BCUT2D eigenvalue weighted by Crippen LogP contribution is -2.05. The van der Waals surface area contributed by atoms with Gasteiger partial charge in [-0.3, -0.25) is 4.79 Å². The first-order valence-corrected chi connectivity index (χ1v) is 7.70. The van der Waals surface area contributed by atoms with E-state index in [4.69, 9.17) is 11.6 Å². The SMILES string of the molecule is O=C1Nc2cc(Cl)ccc2/C1=C\CCc1cccc(C(F)(F)F)c1. The van der Waals surface area contributed by atoms with E-state index in [0.29, 0.717) is 34.7 Å². The van der Waals surface area contributed by atoms with Crippen molar-refractivity contribution in [3.05, 3.63) is 70.3 Å². The molecule has 0 aliphatic carbocycles. The quantitative estimate of drug-likeness (QED) is 0.744. The molecule has 0 unspecified atom stereocenters. The fourth-order valence-electron chi connectivity index (χ4n) is 2.66. The van der Waals surface area contributed by atoms with E-state index in [1.807, 2.05) is 0 Å². The fraction of sp³-hybridized carbons (Fsp3) is 0.167. The van der Waals surface area contributed by atoms with Gasteiger partial charge in [-0.25, -0.2) is 0 Å². The average molecular weight is 352 g/mol. The van der Waals surface area contributed by atoms with Gasteiger partial charge in [-0.15, -0.1) is 0 Å². The Bertz CT molecular complexity index is 827. The summed E-state index contributed by atoms with van der Waals surface area (Å²) in [5, 5.41) is 3.25. The molecule has 6 heteroatoms. The molecule has 0 saturated carbocycles. The Morgan fingerprint density at radius 1 is 1.12 bits per heavy atom. The molecule has 0 saturated heterocycles. The highest BCUT2D eigenvalue weighted by atomic mass is 35.5. The fourth-order valence-corrected chi connectivity index (χ4v) is 2.83. The maximum absolute atomic E-state index is 12.7. The second-order valence-electron chi connectivity index (χ2n) is 5.50. The van der Waals surface area contributed by atoms with Crippen LogP contribution < -0.4 is 5.32 Å². The third-order valence-electron chi connectivity index (χ3n) is 3.80. The maximum Gasteiger partial charge on any atom is 0.416 e. The van der Waals surface area contributed by atoms with Crippen LogP contribution in [0.2, 0.25) is 5.02 Å². The molecule has 2 aromatic rings. The number of fused-ring (bicyclic) bond motifs is 1. The zero-order valence-corrected chi connectivity index (χ0v) is 13.2. The van der Waals surface area contributed by atoms with Crippen molar-refractivity contribution in [1.29, 1.82) is 0 Å². The summed E-state index contributed by atoms with van der Waals surface area (Å²) in [7, 11) is 0. The van der Waals surface area contributed by atoms with Gasteiger partial charge in [-0.2, -0.15) is 13.2 Å². The summed E-state index contributed by atoms with van der Waals surface area (Å²) in [6.45, 7) is 0. The van der Waals surface area contributed by atoms with Crippen LogP contribution in [0.5, 0.6) is 0 Å². The second-order valence-corrected chi connectivity index (χ2v) is 5.94. The van der Waals surface area contributed by atoms with Crippen LogP contribution in [-0.4, -0.2) is 5.91 Å². The predicted octanol–water partition coefficient (Wildman–Crippen LogP) is 5.33. The van der Waals surface area contributed by atoms with Crippen LogP contribution in [-0.2, 0) is 17.4 Å². The Morgan fingerprint density at radius 3 is 2.67 bits per heavy atom. The van der Waals surface area contributed by atoms with Gasteiger partial charge in [0.1, 0.15) is 0 Å². The van der Waals surface area contributed by atoms with Gasteiger partial charge in [0.05, 0.1) is 11.3 Å². The lowest BCUT2D eigenvalue weighted by atomic mass is 10.0. The Hall–Kier alpha value is -2.27. The minimum Gasteiger partial charge on any atom is -0.321 e. The molecule has 0 bridgehead atoms. The monoisotopic (exact) mass is 351 g/mol. The molecule has 1 aliphatic rings. The number of benzene rings is 2. The van der Waals surface area contributed by atoms with Gasteiger partial charge in [0.25, 0.3) is 5.91 Å². The molecule has 0 atom stereocenters. The third kappa shape index (κ3) is 3.46. The van der Waals surface area contributed by atoms with Crippen molar-refractivity contribution in [2.45, 2.75) is 19.0 Å². The van der Waals surface area contributed by atoms with Crippen molar-refractivity contribution in [1.82, 2.24) is 0 Å². The van der Waals surface area contributed by atoms with E-state index in [1.165, 1.54) is 6.07 Å². The molecular weight excluding hydrogens is 339 g/mol. The zero-order chi connectivity index (χ0) is 17.3. The highest BCUT2D eigenvalue weighted by Gasteiger charge is 2.30. The number of aryl methyl sites for hydroxylation is 1. The van der Waals surface area contributed by atoms with Crippen molar-refractivity contribution < 1.29 is 18.0 Å². The Morgan fingerprint density at radius 2 is 1.92 bits per heavy atom. The van der Waals surface area contributed by atoms with Crippen LogP contribution in [0.15, 0.2) is 48.5 Å². The smallest absolute Gasteiger partial charge is 0.321 e. The molecule has 2 aromatic carbocycles. The number of alkyl halides is 3. The first-order valence-electron chi connectivity index (χ1n) is 7.32. The number of amides is 1. The molecule has 0 radical (unpaired) electrons. The van der Waals surface area contributed by atoms with Gasteiger partial charge >= 0.3 is 6.18 Å². The Labute approximate surface area is 141 Å². The summed E-state index contributed by atoms with van der Waals surface area (Å²) in [5.74, 6) is -0.226. The average Bonchev–Trinajstić information content (AvgIpc) is 2.82. The van der Waals surface area contributed by atoms with E-state index in [1.54, 1.807) is 30.3 Å². The van der Waals surface area contributed by atoms with Gasteiger partial charge in [0.15, 0.2) is 0 Å². The van der Waals surface area contributed by atoms with E-state index in [-0.39, 0.29) is 5.91 Å². The van der Waals surface area contributed by atoms with Crippen LogP contribution in [0.4, 0.5) is 18.9 Å². The van der Waals surface area contributed by atoms with Crippen molar-refractivity contribution in [3.63, 3.8) is 0 Å². The van der Waals surface area contributed by atoms with E-state index in [2.05, 4.69) is 5.32 Å². The summed E-state index contributed by atoms with van der Waals surface area (Å²) >= 11 is 5.89. The third-order valence-corrected chi connectivity index (χ3v) is 4.04. The highest BCUT2D eigenvalue weighted by Crippen LogP contribution is 2.34. The van der Waals surface area contributed by atoms with Crippen LogP contribution in [0.1, 0.15) is 23.1 Å². The van der Waals surface area contributed by atoms with Crippen LogP contribution in [0, 0.1) is 0 Å². The minimum absolute atomic E-state index is 0.226. The molecule has 1 N–H and O–H groups in total. The van der Waals surface area contributed by atoms with E-state index < -0.39 is 11.7 Å². The van der Waals surface area contributed by atoms with Crippen molar-refractivity contribution in [2.75, 3.05) is 5.32 Å². The van der Waals surface area contributed by atoms with Crippen molar-refractivity contribution >= 4 is 28.8 Å². The minimum atomic E-state index is -4.35. The molecule has 0 fully saturated rings. The number of hydrogen-bond acceptors (Lipinski definition) is 1. The first kappa shape index (κ1) is 16.6. The summed E-state index contributed by atoms with van der Waals surface area (Å²) < 4.78 is 38.1. The van der Waals surface area contributed by atoms with Gasteiger partial charge in [-0.05, 0) is 36.6 Å². The number of allylic oxidation sites excluding steroid dienone is 1. The molecule has 0 spiro atoms. The van der Waals surface area contributed by atoms with Gasteiger partial charge in [0, 0.05) is 16.2 Å². The van der Waals surface area contributed by atoms with Gasteiger partial charge < -0.3 is 5.32 Å². The highest BCUT2D eigenvalue weighted by molar-refractivity contribution is 6.34. The topological polar surface area (TPSA) is 29.1 Å². The summed E-state index contributed by atoms with van der Waals surface area (Å²) in [4.78, 5) is 12.0. The first-order chi connectivity index (χ1) is 11.3. The van der Waals surface area contributed by atoms with E-state index in [9.17, 15) is 18.0 Å². The molecule has 0 aromatic heterocycles. The van der Waals surface area contributed by atoms with E-state index >= 15 is 0 Å². The second kappa shape index (κ2) is 6.32. The molecular formula is C18H13ClF3NO. The van der Waals surface area contributed by atoms with Crippen molar-refractivity contribution in [3.8, 4) is 0 Å². The van der Waals surface area contributed by atoms with Crippen molar-refractivity contribution in [2.24, 2.45) is 0 Å². The zero-order valence-electron chi connectivity index (χ0n) is 12.5. The number of halogens is 4. The maximum atomic E-state index is 12.7. The Balaban J connectivity index is 1.75. The summed E-state index contributed by atoms with van der Waals surface area (Å²) in [6, 6.07) is 10.4. The standard InChI is InChI=1S/C18H13ClF3NO/c19-13-7-8-14-15(17(24)23-16(14)10-13)6-2-4-11-3-1-5-12(9-11)18(20,21)22/h1,3,5-10H,2,4H2,(H,23,24)/b15-6+. The number of nitrogens with one attached hydrogen (secondary N) is 1. The summed E-state index contributed by atoms with van der Waals surface area (Å²) in [6.07, 6.45) is -1.72. The molecule has 1 heterocycles. The van der Waals surface area contributed by atoms with Crippen LogP contribution >= 0.6 is 11.6 Å². The predicted molar refractivity (Wildman–Crippen MR) is 87.8 cm³/mol. The lowest BCUT2D eigenvalue weighted by molar-refractivity contribution is -0.137. The summed E-state index contributed by atoms with van der Waals surface area (Å²) in [5.41, 5.74) is 1.85.